The molecule has 48 valence electrons. The Bertz CT molecular complexity index is 174. The monoisotopic (exact) mass is 136 g/mol. The summed E-state index contributed by atoms with van der Waals surface area (Å²) < 4.78 is 23.3. The highest BCUT2D eigenvalue weighted by molar-refractivity contribution is 7.89. The molecule has 1 aliphatic rings. The number of nitrogens with zero attached hydrogens (tertiary/aromatic N) is 1. The van der Waals surface area contributed by atoms with Crippen LogP contribution in [0.15, 0.2) is 0 Å². The molecule has 0 aromatic carbocycles. The highest BCUT2D eigenvalue weighted by Crippen LogP contribution is 1.95. The van der Waals surface area contributed by atoms with E-state index >= 15 is 0 Å². The molecule has 1 saturated heterocycles. The van der Waals surface area contributed by atoms with Gasteiger partial charge in [-0.15, -0.1) is 0 Å². The summed E-state index contributed by atoms with van der Waals surface area (Å²) in [5.74, 6) is 0.132. The molecule has 1 rings (SSSR count). The molecule has 0 radical (unpaired) electrons. The zero-order valence-corrected chi connectivity index (χ0v) is 5.40. The van der Waals surface area contributed by atoms with Gasteiger partial charge in [-0.1, -0.05) is 0 Å². The summed E-state index contributed by atoms with van der Waals surface area (Å²) in [6, 6.07) is 0. The van der Waals surface area contributed by atoms with Gasteiger partial charge < -0.3 is 0 Å². The summed E-state index contributed by atoms with van der Waals surface area (Å²) in [4.78, 5) is 1.69. The van der Waals surface area contributed by atoms with Gasteiger partial charge in [-0.05, 0) is 7.05 Å². The van der Waals surface area contributed by atoms with E-state index in [4.69, 9.17) is 0 Å². The fourth-order valence-electron chi connectivity index (χ4n) is 0.590. The molecule has 0 aliphatic carbocycles. The first-order chi connectivity index (χ1) is 3.60. The average Bonchev–Trinajstić information content (AvgIpc) is 1.82. The zero-order chi connectivity index (χ0) is 6.20. The molecule has 0 amide bonds. The number of rotatable bonds is 0. The predicted molar refractivity (Wildman–Crippen MR) is 29.6 cm³/mol. The molecule has 8 heavy (non-hydrogen) atoms. The molecule has 0 spiro atoms. The first-order valence-corrected chi connectivity index (χ1v) is 3.91. The fraction of sp³-hybridized carbons (Fsp3) is 1.00. The van der Waals surface area contributed by atoms with E-state index in [0.29, 0.717) is 6.67 Å². The van der Waals surface area contributed by atoms with Crippen molar-refractivity contribution in [1.82, 2.24) is 9.62 Å². The lowest BCUT2D eigenvalue weighted by Gasteiger charge is -1.97. The van der Waals surface area contributed by atoms with E-state index in [1.54, 1.807) is 11.9 Å². The van der Waals surface area contributed by atoms with Crippen LogP contribution in [0, 0.1) is 0 Å². The van der Waals surface area contributed by atoms with E-state index < -0.39 is 10.0 Å². The Balaban J connectivity index is 2.71. The van der Waals surface area contributed by atoms with Gasteiger partial charge in [-0.2, -0.15) is 0 Å². The Kier molecular flexibility index (Phi) is 1.26. The Morgan fingerprint density at radius 1 is 1.62 bits per heavy atom. The lowest BCUT2D eigenvalue weighted by atomic mass is 10.9. The number of nitrogens with one attached hydrogen (secondary N) is 1. The Hall–Kier alpha value is -0.130. The number of hydrogen-bond acceptors (Lipinski definition) is 3. The van der Waals surface area contributed by atoms with Crippen LogP contribution in [0.4, 0.5) is 0 Å². The Labute approximate surface area is 48.5 Å². The molecule has 0 saturated carbocycles. The van der Waals surface area contributed by atoms with E-state index in [-0.39, 0.29) is 5.88 Å². The fourth-order valence-corrected chi connectivity index (χ4v) is 1.77. The molecule has 1 fully saturated rings. The molecule has 0 aromatic heterocycles. The van der Waals surface area contributed by atoms with Crippen LogP contribution >= 0.6 is 0 Å². The van der Waals surface area contributed by atoms with Crippen molar-refractivity contribution in [2.45, 2.75) is 0 Å². The third-order valence-corrected chi connectivity index (χ3v) is 2.29. The lowest BCUT2D eigenvalue weighted by Crippen LogP contribution is -2.16. The zero-order valence-electron chi connectivity index (χ0n) is 4.59. The second kappa shape index (κ2) is 1.68. The summed E-state index contributed by atoms with van der Waals surface area (Å²) in [6.07, 6.45) is 0. The van der Waals surface area contributed by atoms with Crippen molar-refractivity contribution in [1.29, 1.82) is 0 Å². The van der Waals surface area contributed by atoms with Crippen molar-refractivity contribution in [2.75, 3.05) is 19.6 Å². The number of sulfonamides is 1. The quantitative estimate of drug-likeness (QED) is 0.453. The second-order valence-corrected chi connectivity index (χ2v) is 3.68. The van der Waals surface area contributed by atoms with E-state index in [2.05, 4.69) is 4.72 Å². The molecular formula is C3H8N2O2S. The maximum absolute atomic E-state index is 10.5. The molecule has 0 bridgehead atoms. The van der Waals surface area contributed by atoms with Crippen LogP contribution in [0.1, 0.15) is 0 Å². The Morgan fingerprint density at radius 3 is 2.38 bits per heavy atom. The SMILES string of the molecule is CN1CNS(=O)(=O)C1. The van der Waals surface area contributed by atoms with E-state index in [0.717, 1.165) is 0 Å². The first kappa shape index (κ1) is 6.00. The molecule has 1 N–H and O–H groups in total. The minimum atomic E-state index is -2.92. The van der Waals surface area contributed by atoms with Gasteiger partial charge in [-0.3, -0.25) is 4.90 Å². The van der Waals surface area contributed by atoms with Gasteiger partial charge >= 0.3 is 0 Å². The van der Waals surface area contributed by atoms with Crippen LogP contribution in [0.25, 0.3) is 0 Å². The van der Waals surface area contributed by atoms with Crippen LogP contribution in [0.2, 0.25) is 0 Å². The maximum Gasteiger partial charge on any atom is 0.226 e. The van der Waals surface area contributed by atoms with Gasteiger partial charge in [0.2, 0.25) is 10.0 Å². The molecule has 0 unspecified atom stereocenters. The predicted octanol–water partition coefficient (Wildman–Crippen LogP) is -1.23. The molecular weight excluding hydrogens is 128 g/mol. The minimum absolute atomic E-state index is 0.132. The van der Waals surface area contributed by atoms with Gasteiger partial charge in [0.25, 0.3) is 0 Å². The van der Waals surface area contributed by atoms with Crippen LogP contribution in [0.5, 0.6) is 0 Å². The molecule has 1 aliphatic heterocycles. The molecule has 0 aromatic rings. The van der Waals surface area contributed by atoms with E-state index in [9.17, 15) is 8.42 Å². The molecule has 5 heteroatoms. The van der Waals surface area contributed by atoms with Crippen molar-refractivity contribution >= 4 is 10.0 Å². The van der Waals surface area contributed by atoms with Crippen molar-refractivity contribution in [3.63, 3.8) is 0 Å². The van der Waals surface area contributed by atoms with Crippen molar-refractivity contribution < 1.29 is 8.42 Å². The van der Waals surface area contributed by atoms with E-state index in [1.807, 2.05) is 0 Å². The summed E-state index contributed by atoms with van der Waals surface area (Å²) >= 11 is 0. The summed E-state index contributed by atoms with van der Waals surface area (Å²) in [7, 11) is -1.17. The third kappa shape index (κ3) is 1.18. The van der Waals surface area contributed by atoms with Gasteiger partial charge in [0.1, 0.15) is 5.88 Å². The molecule has 1 heterocycles. The van der Waals surface area contributed by atoms with Gasteiger partial charge in [0, 0.05) is 0 Å². The third-order valence-electron chi connectivity index (χ3n) is 0.945. The smallest absolute Gasteiger partial charge is 0.226 e. The summed E-state index contributed by atoms with van der Waals surface area (Å²) in [5, 5.41) is 0. The second-order valence-electron chi connectivity index (χ2n) is 1.90. The van der Waals surface area contributed by atoms with Crippen LogP contribution in [-0.4, -0.2) is 32.9 Å². The van der Waals surface area contributed by atoms with Crippen molar-refractivity contribution in [3.05, 3.63) is 0 Å². The minimum Gasteiger partial charge on any atom is -0.278 e. The van der Waals surface area contributed by atoms with Crippen molar-refractivity contribution in [3.8, 4) is 0 Å². The number of hydrogen-bond donors (Lipinski definition) is 1. The average molecular weight is 136 g/mol. The first-order valence-electron chi connectivity index (χ1n) is 2.26. The Morgan fingerprint density at radius 2 is 2.25 bits per heavy atom. The largest absolute Gasteiger partial charge is 0.278 e. The van der Waals surface area contributed by atoms with Gasteiger partial charge in [0.15, 0.2) is 0 Å². The highest BCUT2D eigenvalue weighted by Gasteiger charge is 2.20. The normalized spacial score (nSPS) is 28.6. The standard InChI is InChI=1S/C3H8N2O2S/c1-5-2-4-8(6,7)3-5/h4H,2-3H2,1H3. The topological polar surface area (TPSA) is 49.4 Å². The summed E-state index contributed by atoms with van der Waals surface area (Å²) in [5.41, 5.74) is 0. The molecule has 4 nitrogen and oxygen atoms in total. The highest BCUT2D eigenvalue weighted by atomic mass is 32.2. The van der Waals surface area contributed by atoms with Gasteiger partial charge in [-0.25, -0.2) is 13.1 Å². The van der Waals surface area contributed by atoms with Crippen LogP contribution < -0.4 is 4.72 Å². The van der Waals surface area contributed by atoms with Crippen LogP contribution in [0.3, 0.4) is 0 Å². The van der Waals surface area contributed by atoms with Crippen molar-refractivity contribution in [2.24, 2.45) is 0 Å². The maximum atomic E-state index is 10.5. The van der Waals surface area contributed by atoms with Crippen LogP contribution in [-0.2, 0) is 10.0 Å². The van der Waals surface area contributed by atoms with Gasteiger partial charge in [0.05, 0.1) is 6.67 Å². The summed E-state index contributed by atoms with van der Waals surface area (Å²) in [6.45, 7) is 0.447. The lowest BCUT2D eigenvalue weighted by molar-refractivity contribution is 0.416. The molecule has 0 atom stereocenters. The van der Waals surface area contributed by atoms with E-state index in [1.165, 1.54) is 0 Å².